The molecule has 8 rings (SSSR count). The summed E-state index contributed by atoms with van der Waals surface area (Å²) in [4.78, 5) is 176. The topological polar surface area (TPSA) is 341 Å². The average molecular weight is 1100 g/mol. The van der Waals surface area contributed by atoms with Gasteiger partial charge in [-0.05, 0) is 81.8 Å². The Morgan fingerprint density at radius 1 is 0.562 bits per heavy atom. The van der Waals surface area contributed by atoms with Gasteiger partial charge in [0.2, 0.25) is 23.6 Å². The van der Waals surface area contributed by atoms with Gasteiger partial charge in [0.15, 0.2) is 24.8 Å². The highest BCUT2D eigenvalue weighted by molar-refractivity contribution is 6.27. The first kappa shape index (κ1) is 58.0. The minimum atomic E-state index is -1.17. The molecule has 80 heavy (non-hydrogen) atoms. The number of carboxylic acids is 1. The van der Waals surface area contributed by atoms with Crippen molar-refractivity contribution in [3.05, 3.63) is 130 Å². The maximum absolute atomic E-state index is 13.2. The number of ether oxygens (including phenoxy) is 3. The van der Waals surface area contributed by atoms with Crippen LogP contribution in [0.3, 0.4) is 0 Å². The lowest BCUT2D eigenvalue weighted by Crippen LogP contribution is -2.54. The van der Waals surface area contributed by atoms with Crippen LogP contribution in [0, 0.1) is 11.8 Å². The van der Waals surface area contributed by atoms with Crippen LogP contribution >= 0.6 is 0 Å². The van der Waals surface area contributed by atoms with Gasteiger partial charge in [-0.15, -0.1) is 0 Å². The zero-order chi connectivity index (χ0) is 58.0. The molecule has 2 unspecified atom stereocenters. The van der Waals surface area contributed by atoms with Gasteiger partial charge in [-0.1, -0.05) is 72.8 Å². The van der Waals surface area contributed by atoms with Crippen molar-refractivity contribution in [2.75, 3.05) is 23.8 Å². The van der Waals surface area contributed by atoms with Crippen molar-refractivity contribution >= 4 is 94.3 Å². The van der Waals surface area contributed by atoms with Gasteiger partial charge in [-0.25, -0.2) is 9.59 Å². The smallest absolute Gasteiger partial charge is 0.412 e. The van der Waals surface area contributed by atoms with Crippen LogP contribution in [0.5, 0.6) is 0 Å². The van der Waals surface area contributed by atoms with Crippen LogP contribution in [-0.2, 0) is 65.4 Å². The van der Waals surface area contributed by atoms with Crippen molar-refractivity contribution in [3.8, 4) is 0 Å². The van der Waals surface area contributed by atoms with E-state index < -0.39 is 126 Å². The monoisotopic (exact) mass is 1100 g/mol. The number of hydrogen-bond donors (Lipinski definition) is 5. The van der Waals surface area contributed by atoms with Crippen LogP contribution < -0.4 is 21.3 Å². The molecule has 0 spiro atoms. The number of imide groups is 4. The number of Topliss-reactive ketones (excluding diaryl/α,β-unsaturated/α-hetero) is 2. The molecule has 2 fully saturated rings. The summed E-state index contributed by atoms with van der Waals surface area (Å²) in [6.45, 7) is 3.83. The van der Waals surface area contributed by atoms with E-state index >= 15 is 0 Å². The van der Waals surface area contributed by atoms with Crippen molar-refractivity contribution in [1.82, 2.24) is 20.4 Å². The van der Waals surface area contributed by atoms with Crippen molar-refractivity contribution < 1.29 is 86.4 Å². The van der Waals surface area contributed by atoms with Crippen LogP contribution in [0.25, 0.3) is 0 Å². The van der Waals surface area contributed by atoms with E-state index in [9.17, 15) is 72.2 Å². The number of amides is 10. The number of carbonyl (C=O) groups excluding carboxylic acids is 13. The Bertz CT molecular complexity index is 3210. The fourth-order valence-electron chi connectivity index (χ4n) is 9.16. The highest BCUT2D eigenvalue weighted by Crippen LogP contribution is 2.34. The molecule has 0 bridgehead atoms. The van der Waals surface area contributed by atoms with E-state index in [0.29, 0.717) is 0 Å². The number of nitrogens with zero attached hydrogens (tertiary/aromatic N) is 2. The van der Waals surface area contributed by atoms with Crippen LogP contribution in [0.15, 0.2) is 97.1 Å². The zero-order valence-corrected chi connectivity index (χ0v) is 43.4. The number of rotatable bonds is 18. The SMILES string of the molecule is CC(C)(C)OC(=O)[C@@H](CC(=O)COC(=O)Nc1cccc2c1C(=O)N(C1CCC(=O)NC1=O)C2=O)Cc1ccccc1.O=C(COC(=O)Nc1cccc2c1C(=O)N(C1CCC(=O)NC1=O)C2=O)C[C@@H](Cc1ccccc1)C(=O)O. The predicted octanol–water partition coefficient (Wildman–Crippen LogP) is 4.34. The summed E-state index contributed by atoms with van der Waals surface area (Å²) in [7, 11) is 0. The van der Waals surface area contributed by atoms with Crippen LogP contribution in [0.1, 0.15) is 112 Å². The van der Waals surface area contributed by atoms with Gasteiger partial charge in [-0.2, -0.15) is 0 Å². The summed E-state index contributed by atoms with van der Waals surface area (Å²) < 4.78 is 15.5. The first-order valence-electron chi connectivity index (χ1n) is 25.1. The predicted molar refractivity (Wildman–Crippen MR) is 276 cm³/mol. The number of carboxylic acid groups (broad SMARTS) is 1. The van der Waals surface area contributed by atoms with Gasteiger partial charge in [0.1, 0.15) is 17.7 Å². The summed E-state index contributed by atoms with van der Waals surface area (Å²) in [5, 5.41) is 18.4. The molecule has 0 aromatic heterocycles. The maximum Gasteiger partial charge on any atom is 0.412 e. The lowest BCUT2D eigenvalue weighted by atomic mass is 9.94. The molecule has 5 N–H and O–H groups in total. The molecule has 4 aliphatic heterocycles. The molecule has 4 aromatic carbocycles. The van der Waals surface area contributed by atoms with Gasteiger partial charge in [0, 0.05) is 25.7 Å². The quantitative estimate of drug-likeness (QED) is 0.0526. The summed E-state index contributed by atoms with van der Waals surface area (Å²) in [6.07, 6.45) is -2.47. The first-order chi connectivity index (χ1) is 38.0. The fourth-order valence-corrected chi connectivity index (χ4v) is 9.16. The highest BCUT2D eigenvalue weighted by Gasteiger charge is 2.47. The van der Waals surface area contributed by atoms with E-state index in [0.717, 1.165) is 20.9 Å². The average Bonchev–Trinajstić information content (AvgIpc) is 3.81. The molecule has 0 radical (unpaired) electrons. The lowest BCUT2D eigenvalue weighted by molar-refractivity contribution is -0.161. The fraction of sp³-hybridized carbons (Fsp3) is 0.321. The molecule has 24 heteroatoms. The zero-order valence-electron chi connectivity index (χ0n) is 43.4. The Balaban J connectivity index is 0.000000232. The Labute approximate surface area is 455 Å². The van der Waals surface area contributed by atoms with Gasteiger partial charge >= 0.3 is 24.1 Å². The van der Waals surface area contributed by atoms with Gasteiger partial charge in [-0.3, -0.25) is 88.6 Å². The summed E-state index contributed by atoms with van der Waals surface area (Å²) in [5.74, 6) is -10.3. The molecule has 4 atom stereocenters. The van der Waals surface area contributed by atoms with Crippen molar-refractivity contribution in [3.63, 3.8) is 0 Å². The number of benzene rings is 4. The third-order valence-electron chi connectivity index (χ3n) is 12.8. The third-order valence-corrected chi connectivity index (χ3v) is 12.8. The molecular weight excluding hydrogens is 1040 g/mol. The van der Waals surface area contributed by atoms with E-state index in [-0.39, 0.29) is 85.0 Å². The second-order valence-corrected chi connectivity index (χ2v) is 19.9. The summed E-state index contributed by atoms with van der Waals surface area (Å²) in [5.41, 5.74) is 0.349. The molecular formula is C56H54N6O18. The first-order valence-corrected chi connectivity index (χ1v) is 25.1. The normalized spacial score (nSPS) is 17.4. The number of carbonyl (C=O) groups is 14. The van der Waals surface area contributed by atoms with Gasteiger partial charge < -0.3 is 19.3 Å². The van der Waals surface area contributed by atoms with Crippen LogP contribution in [0.2, 0.25) is 0 Å². The molecule has 0 saturated carbocycles. The van der Waals surface area contributed by atoms with E-state index in [2.05, 4.69) is 21.3 Å². The van der Waals surface area contributed by atoms with Crippen LogP contribution in [-0.4, -0.2) is 129 Å². The maximum atomic E-state index is 13.2. The van der Waals surface area contributed by atoms with E-state index in [4.69, 9.17) is 14.2 Å². The second-order valence-electron chi connectivity index (χ2n) is 19.9. The Kier molecular flexibility index (Phi) is 18.2. The standard InChI is InChI=1S/C30H31N3O9.C26H23N3O9/c1-30(2,3)42-28(39)18(14-17-8-5-4-6-9-17)15-19(34)16-41-29(40)31-21-11-7-10-20-24(21)27(38)33(26(20)37)22-12-13-23(35)32-25(22)36;30-16(12-15(25(35)36)11-14-5-2-1-3-6-14)13-38-26(37)27-18-8-4-7-17-21(18)24(34)29(23(17)33)19-9-10-20(31)28-22(19)32/h4-11,18,22H,12-16H2,1-3H3,(H,31,40)(H,32,35,36);1-8,15,19H,9-13H2,(H,27,37)(H,35,36)(H,28,31,32)/t18-,22?;15-,19?/m11/s1. The molecule has 24 nitrogen and oxygen atoms in total. The summed E-state index contributed by atoms with van der Waals surface area (Å²) >= 11 is 0. The lowest BCUT2D eigenvalue weighted by Gasteiger charge is -2.27. The number of hydrogen-bond acceptors (Lipinski definition) is 17. The summed E-state index contributed by atoms with van der Waals surface area (Å²) in [6, 6.07) is 23.9. The van der Waals surface area contributed by atoms with Gasteiger partial charge in [0.25, 0.3) is 23.6 Å². The highest BCUT2D eigenvalue weighted by atomic mass is 16.6. The molecule has 4 heterocycles. The number of fused-ring (bicyclic) bond motifs is 2. The van der Waals surface area contributed by atoms with E-state index in [1.54, 1.807) is 51.1 Å². The largest absolute Gasteiger partial charge is 0.481 e. The number of ketones is 2. The second kappa shape index (κ2) is 25.2. The van der Waals surface area contributed by atoms with Crippen LogP contribution in [0.4, 0.5) is 21.0 Å². The number of esters is 1. The molecule has 2 saturated heterocycles. The number of piperidine rings is 2. The molecule has 4 aromatic rings. The minimum absolute atomic E-state index is 0.0163. The Hall–Kier alpha value is -9.74. The van der Waals surface area contributed by atoms with E-state index in [1.165, 1.54) is 36.4 Å². The third kappa shape index (κ3) is 14.2. The van der Waals surface area contributed by atoms with Crippen molar-refractivity contribution in [2.24, 2.45) is 11.8 Å². The molecule has 4 aliphatic rings. The van der Waals surface area contributed by atoms with Gasteiger partial charge in [0.05, 0.1) is 45.5 Å². The molecule has 10 amide bonds. The minimum Gasteiger partial charge on any atom is -0.481 e. The number of anilines is 2. The Morgan fingerprint density at radius 3 is 1.35 bits per heavy atom. The molecule has 416 valence electrons. The number of aliphatic carboxylic acids is 1. The Morgan fingerprint density at radius 2 is 0.963 bits per heavy atom. The number of nitrogens with one attached hydrogen (secondary N) is 4. The van der Waals surface area contributed by atoms with Crippen molar-refractivity contribution in [2.45, 2.75) is 89.8 Å². The van der Waals surface area contributed by atoms with E-state index in [1.807, 2.05) is 30.3 Å². The molecule has 0 aliphatic carbocycles. The van der Waals surface area contributed by atoms with Crippen molar-refractivity contribution in [1.29, 1.82) is 0 Å².